The van der Waals surface area contributed by atoms with Crippen LogP contribution in [0, 0.1) is 0 Å². The van der Waals surface area contributed by atoms with E-state index in [-0.39, 0.29) is 17.9 Å². The first-order chi connectivity index (χ1) is 8.95. The molecule has 1 aliphatic heterocycles. The van der Waals surface area contributed by atoms with Crippen molar-refractivity contribution in [3.8, 4) is 0 Å². The van der Waals surface area contributed by atoms with Gasteiger partial charge in [-0.2, -0.15) is 0 Å². The van der Waals surface area contributed by atoms with Gasteiger partial charge in [0.2, 0.25) is 11.8 Å². The van der Waals surface area contributed by atoms with Crippen LogP contribution >= 0.6 is 0 Å². The maximum Gasteiger partial charge on any atom is 0.248 e. The van der Waals surface area contributed by atoms with Crippen molar-refractivity contribution >= 4 is 11.8 Å². The monoisotopic (exact) mass is 270 g/mol. The van der Waals surface area contributed by atoms with Crippen molar-refractivity contribution < 1.29 is 14.3 Å². The molecule has 5 heteroatoms. The van der Waals surface area contributed by atoms with E-state index in [4.69, 9.17) is 4.74 Å². The van der Waals surface area contributed by atoms with Crippen LogP contribution < -0.4 is 5.32 Å². The summed E-state index contributed by atoms with van der Waals surface area (Å²) in [5, 5.41) is 2.90. The number of amides is 2. The molecule has 0 aliphatic carbocycles. The Bertz CT molecular complexity index is 325. The summed E-state index contributed by atoms with van der Waals surface area (Å²) in [7, 11) is 0. The molecule has 1 saturated heterocycles. The van der Waals surface area contributed by atoms with Gasteiger partial charge < -0.3 is 15.0 Å². The second-order valence-electron chi connectivity index (χ2n) is 5.30. The van der Waals surface area contributed by atoms with Crippen molar-refractivity contribution in [1.82, 2.24) is 10.2 Å². The van der Waals surface area contributed by atoms with Crippen molar-refractivity contribution in [3.05, 3.63) is 0 Å². The molecule has 0 spiro atoms. The van der Waals surface area contributed by atoms with Crippen molar-refractivity contribution in [1.29, 1.82) is 0 Å². The lowest BCUT2D eigenvalue weighted by Gasteiger charge is -2.33. The molecule has 0 unspecified atom stereocenters. The highest BCUT2D eigenvalue weighted by molar-refractivity contribution is 5.93. The van der Waals surface area contributed by atoms with Gasteiger partial charge in [-0.05, 0) is 26.7 Å². The van der Waals surface area contributed by atoms with Crippen LogP contribution in [-0.2, 0) is 14.3 Å². The van der Waals surface area contributed by atoms with Gasteiger partial charge in [0.1, 0.15) is 5.54 Å². The molecule has 0 bridgehead atoms. The third-order valence-corrected chi connectivity index (χ3v) is 3.70. The van der Waals surface area contributed by atoms with Crippen LogP contribution in [0.5, 0.6) is 0 Å². The summed E-state index contributed by atoms with van der Waals surface area (Å²) in [4.78, 5) is 26.1. The summed E-state index contributed by atoms with van der Waals surface area (Å²) in [6.45, 7) is 9.36. The molecule has 1 aliphatic rings. The number of rotatable bonds is 6. The molecular weight excluding hydrogens is 244 g/mol. The summed E-state index contributed by atoms with van der Waals surface area (Å²) in [6.07, 6.45) is 1.77. The minimum atomic E-state index is -0.731. The van der Waals surface area contributed by atoms with E-state index in [2.05, 4.69) is 5.32 Å². The quantitative estimate of drug-likeness (QED) is 0.792. The molecule has 5 nitrogen and oxygen atoms in total. The summed E-state index contributed by atoms with van der Waals surface area (Å²) < 4.78 is 5.50. The molecule has 0 radical (unpaired) electrons. The molecular formula is C14H26N2O3. The highest BCUT2D eigenvalue weighted by Gasteiger charge is 2.41. The van der Waals surface area contributed by atoms with E-state index < -0.39 is 5.54 Å². The summed E-state index contributed by atoms with van der Waals surface area (Å²) >= 11 is 0. The standard InChI is InChI=1S/C14H26N2O3/c1-5-14(6-2)13(18)16(8-7-12(17)15-14)9-10-19-11(3)4/h11H,5-10H2,1-4H3,(H,15,17). The van der Waals surface area contributed by atoms with Gasteiger partial charge in [-0.25, -0.2) is 0 Å². The SMILES string of the molecule is CCC1(CC)NC(=O)CCN(CCOC(C)C)C1=O. The fraction of sp³-hybridized carbons (Fsp3) is 0.857. The minimum absolute atomic E-state index is 0.0238. The first-order valence-electron chi connectivity index (χ1n) is 7.17. The number of carbonyl (C=O) groups is 2. The maximum absolute atomic E-state index is 12.6. The van der Waals surface area contributed by atoms with Crippen molar-refractivity contribution in [2.45, 2.75) is 58.6 Å². The van der Waals surface area contributed by atoms with Gasteiger partial charge in [-0.3, -0.25) is 9.59 Å². The molecule has 1 fully saturated rings. The van der Waals surface area contributed by atoms with Crippen LogP contribution in [0.4, 0.5) is 0 Å². The molecule has 0 saturated carbocycles. The molecule has 0 atom stereocenters. The van der Waals surface area contributed by atoms with Gasteiger partial charge in [-0.1, -0.05) is 13.8 Å². The lowest BCUT2D eigenvalue weighted by atomic mass is 9.91. The Morgan fingerprint density at radius 3 is 2.47 bits per heavy atom. The predicted molar refractivity (Wildman–Crippen MR) is 73.7 cm³/mol. The van der Waals surface area contributed by atoms with Gasteiger partial charge >= 0.3 is 0 Å². The van der Waals surface area contributed by atoms with Crippen molar-refractivity contribution in [2.75, 3.05) is 19.7 Å². The Kier molecular flexibility index (Phi) is 5.79. The molecule has 1 rings (SSSR count). The molecule has 110 valence electrons. The summed E-state index contributed by atoms with van der Waals surface area (Å²) in [6, 6.07) is 0. The van der Waals surface area contributed by atoms with Crippen LogP contribution in [0.2, 0.25) is 0 Å². The van der Waals surface area contributed by atoms with Gasteiger partial charge in [0, 0.05) is 19.5 Å². The Morgan fingerprint density at radius 1 is 1.32 bits per heavy atom. The second-order valence-corrected chi connectivity index (χ2v) is 5.30. The van der Waals surface area contributed by atoms with Crippen molar-refractivity contribution in [2.24, 2.45) is 0 Å². The molecule has 0 aromatic heterocycles. The van der Waals surface area contributed by atoms with E-state index in [1.807, 2.05) is 27.7 Å². The fourth-order valence-electron chi connectivity index (χ4n) is 2.36. The second kappa shape index (κ2) is 6.89. The van der Waals surface area contributed by atoms with Crippen LogP contribution in [0.3, 0.4) is 0 Å². The Hall–Kier alpha value is -1.10. The number of nitrogens with one attached hydrogen (secondary N) is 1. The summed E-state index contributed by atoms with van der Waals surface area (Å²) in [5.74, 6) is -0.0139. The van der Waals surface area contributed by atoms with E-state index in [1.165, 1.54) is 0 Å². The third kappa shape index (κ3) is 3.93. The van der Waals surface area contributed by atoms with Crippen molar-refractivity contribution in [3.63, 3.8) is 0 Å². The first-order valence-corrected chi connectivity index (χ1v) is 7.17. The number of hydrogen-bond donors (Lipinski definition) is 1. The third-order valence-electron chi connectivity index (χ3n) is 3.70. The highest BCUT2D eigenvalue weighted by Crippen LogP contribution is 2.21. The zero-order chi connectivity index (χ0) is 14.5. The van der Waals surface area contributed by atoms with E-state index in [0.29, 0.717) is 39.0 Å². The number of hydrogen-bond acceptors (Lipinski definition) is 3. The number of nitrogens with zero attached hydrogens (tertiary/aromatic N) is 1. The average Bonchev–Trinajstić information content (AvgIpc) is 2.49. The molecule has 19 heavy (non-hydrogen) atoms. The smallest absolute Gasteiger partial charge is 0.248 e. The van der Waals surface area contributed by atoms with E-state index in [9.17, 15) is 9.59 Å². The Labute approximate surface area is 115 Å². The van der Waals surface area contributed by atoms with Crippen LogP contribution in [0.15, 0.2) is 0 Å². The molecule has 0 aromatic rings. The largest absolute Gasteiger partial charge is 0.377 e. The average molecular weight is 270 g/mol. The molecule has 2 amide bonds. The minimum Gasteiger partial charge on any atom is -0.377 e. The first kappa shape index (κ1) is 16.0. The normalized spacial score (nSPS) is 19.5. The Balaban J connectivity index is 2.75. The number of carbonyl (C=O) groups excluding carboxylic acids is 2. The topological polar surface area (TPSA) is 58.6 Å². The van der Waals surface area contributed by atoms with Gasteiger partial charge in [-0.15, -0.1) is 0 Å². The maximum atomic E-state index is 12.6. The van der Waals surface area contributed by atoms with E-state index in [1.54, 1.807) is 4.90 Å². The van der Waals surface area contributed by atoms with E-state index >= 15 is 0 Å². The lowest BCUT2D eigenvalue weighted by Crippen LogP contribution is -2.56. The highest BCUT2D eigenvalue weighted by atomic mass is 16.5. The molecule has 1 N–H and O–H groups in total. The van der Waals surface area contributed by atoms with Gasteiger partial charge in [0.15, 0.2) is 0 Å². The Morgan fingerprint density at radius 2 is 1.95 bits per heavy atom. The summed E-state index contributed by atoms with van der Waals surface area (Å²) in [5.41, 5.74) is -0.731. The molecule has 1 heterocycles. The zero-order valence-electron chi connectivity index (χ0n) is 12.5. The van der Waals surface area contributed by atoms with E-state index in [0.717, 1.165) is 0 Å². The predicted octanol–water partition coefficient (Wildman–Crippen LogP) is 1.32. The molecule has 0 aromatic carbocycles. The van der Waals surface area contributed by atoms with Crippen LogP contribution in [0.1, 0.15) is 47.0 Å². The van der Waals surface area contributed by atoms with Crippen LogP contribution in [-0.4, -0.2) is 48.1 Å². The number of ether oxygens (including phenoxy) is 1. The van der Waals surface area contributed by atoms with Crippen LogP contribution in [0.25, 0.3) is 0 Å². The van der Waals surface area contributed by atoms with Gasteiger partial charge in [0.05, 0.1) is 12.7 Å². The lowest BCUT2D eigenvalue weighted by molar-refractivity contribution is -0.140. The van der Waals surface area contributed by atoms with Gasteiger partial charge in [0.25, 0.3) is 0 Å². The zero-order valence-corrected chi connectivity index (χ0v) is 12.5. The fourth-order valence-corrected chi connectivity index (χ4v) is 2.36.